The molecular weight excluding hydrogens is 112 g/mol. The Morgan fingerprint density at radius 1 is 1.67 bits per heavy atom. The first-order valence-corrected chi connectivity index (χ1v) is 3.51. The Bertz CT molecular complexity index is 181. The zero-order valence-electron chi connectivity index (χ0n) is 5.50. The Morgan fingerprint density at radius 3 is 3.11 bits per heavy atom. The number of allylic oxidation sites excluding steroid dienone is 2. The molecule has 0 radical (unpaired) electrons. The molecule has 2 rings (SSSR count). The van der Waals surface area contributed by atoms with Crippen LogP contribution in [-0.4, -0.2) is 5.78 Å². The molecule has 0 bridgehead atoms. The molecule has 0 heterocycles. The predicted octanol–water partition coefficient (Wildman–Crippen LogP) is 1.40. The van der Waals surface area contributed by atoms with Crippen LogP contribution in [0.25, 0.3) is 0 Å². The van der Waals surface area contributed by atoms with Gasteiger partial charge in [-0.05, 0) is 12.3 Å². The SMILES string of the molecule is C[C@H]1C(=O)[C@H]2CC=C[C@H]21. The fourth-order valence-corrected chi connectivity index (χ4v) is 1.90. The number of Topliss-reactive ketones (excluding diaryl/α,β-unsaturated/α-hetero) is 1. The van der Waals surface area contributed by atoms with Gasteiger partial charge in [-0.25, -0.2) is 0 Å². The van der Waals surface area contributed by atoms with Gasteiger partial charge in [-0.2, -0.15) is 0 Å². The highest BCUT2D eigenvalue weighted by molar-refractivity contribution is 5.91. The zero-order valence-corrected chi connectivity index (χ0v) is 5.50. The van der Waals surface area contributed by atoms with Crippen molar-refractivity contribution in [2.45, 2.75) is 13.3 Å². The molecule has 0 aliphatic heterocycles. The number of carbonyl (C=O) groups excluding carboxylic acids is 1. The quantitative estimate of drug-likeness (QED) is 0.444. The Balaban J connectivity index is 2.21. The summed E-state index contributed by atoms with van der Waals surface area (Å²) in [5.74, 6) is 1.80. The molecule has 3 atom stereocenters. The lowest BCUT2D eigenvalue weighted by molar-refractivity contribution is -0.138. The van der Waals surface area contributed by atoms with Crippen molar-refractivity contribution >= 4 is 5.78 Å². The maximum atomic E-state index is 11.0. The zero-order chi connectivity index (χ0) is 6.43. The van der Waals surface area contributed by atoms with Crippen LogP contribution in [0.5, 0.6) is 0 Å². The van der Waals surface area contributed by atoms with Crippen molar-refractivity contribution in [3.05, 3.63) is 12.2 Å². The molecule has 0 unspecified atom stereocenters. The second kappa shape index (κ2) is 1.47. The number of ketones is 1. The average Bonchev–Trinajstić information content (AvgIpc) is 2.30. The largest absolute Gasteiger partial charge is 0.299 e. The van der Waals surface area contributed by atoms with Gasteiger partial charge in [0.25, 0.3) is 0 Å². The van der Waals surface area contributed by atoms with Gasteiger partial charge in [-0.1, -0.05) is 19.1 Å². The van der Waals surface area contributed by atoms with E-state index in [-0.39, 0.29) is 0 Å². The summed E-state index contributed by atoms with van der Waals surface area (Å²) in [5, 5.41) is 0. The minimum atomic E-state index is 0.328. The van der Waals surface area contributed by atoms with Crippen LogP contribution in [-0.2, 0) is 4.79 Å². The molecule has 1 nitrogen and oxygen atoms in total. The molecule has 2 aliphatic carbocycles. The summed E-state index contributed by atoms with van der Waals surface area (Å²) in [4.78, 5) is 11.0. The van der Waals surface area contributed by atoms with E-state index in [4.69, 9.17) is 0 Å². The fraction of sp³-hybridized carbons (Fsp3) is 0.625. The first-order valence-electron chi connectivity index (χ1n) is 3.51. The normalized spacial score (nSPS) is 46.8. The Kier molecular flexibility index (Phi) is 0.850. The molecule has 48 valence electrons. The third-order valence-electron chi connectivity index (χ3n) is 2.60. The lowest BCUT2D eigenvalue weighted by atomic mass is 9.66. The molecule has 0 amide bonds. The van der Waals surface area contributed by atoms with Gasteiger partial charge in [-0.3, -0.25) is 4.79 Å². The number of hydrogen-bond acceptors (Lipinski definition) is 1. The Hall–Kier alpha value is -0.590. The molecule has 1 heteroatoms. The van der Waals surface area contributed by atoms with Crippen molar-refractivity contribution in [1.29, 1.82) is 0 Å². The van der Waals surface area contributed by atoms with Crippen molar-refractivity contribution in [3.63, 3.8) is 0 Å². The molecule has 0 aromatic heterocycles. The summed E-state index contributed by atoms with van der Waals surface area (Å²) in [7, 11) is 0. The highest BCUT2D eigenvalue weighted by Crippen LogP contribution is 2.43. The third kappa shape index (κ3) is 0.473. The van der Waals surface area contributed by atoms with Gasteiger partial charge in [0.1, 0.15) is 5.78 Å². The highest BCUT2D eigenvalue weighted by Gasteiger charge is 2.46. The standard InChI is InChI=1S/C8H10O/c1-5-6-3-2-4-7(6)8(5)9/h2-3,5-7H,4H2,1H3/t5-,6+,7+/m1/s1. The minimum Gasteiger partial charge on any atom is -0.299 e. The van der Waals surface area contributed by atoms with Gasteiger partial charge < -0.3 is 0 Å². The molecule has 0 aromatic rings. The van der Waals surface area contributed by atoms with Gasteiger partial charge in [0, 0.05) is 11.8 Å². The van der Waals surface area contributed by atoms with Crippen molar-refractivity contribution in [1.82, 2.24) is 0 Å². The summed E-state index contributed by atoms with van der Waals surface area (Å²) < 4.78 is 0. The lowest BCUT2D eigenvalue weighted by Gasteiger charge is -2.35. The molecule has 0 aromatic carbocycles. The van der Waals surface area contributed by atoms with Gasteiger partial charge in [0.05, 0.1) is 0 Å². The summed E-state index contributed by atoms with van der Waals surface area (Å²) in [5.41, 5.74) is 0. The summed E-state index contributed by atoms with van der Waals surface area (Å²) in [6.45, 7) is 2.03. The summed E-state index contributed by atoms with van der Waals surface area (Å²) >= 11 is 0. The smallest absolute Gasteiger partial charge is 0.140 e. The number of rotatable bonds is 0. The number of carbonyl (C=O) groups is 1. The minimum absolute atomic E-state index is 0.328. The van der Waals surface area contributed by atoms with Crippen molar-refractivity contribution in [3.8, 4) is 0 Å². The van der Waals surface area contributed by atoms with Crippen LogP contribution in [0.1, 0.15) is 13.3 Å². The van der Waals surface area contributed by atoms with Crippen molar-refractivity contribution < 1.29 is 4.79 Å². The van der Waals surface area contributed by atoms with Crippen LogP contribution in [0.3, 0.4) is 0 Å². The number of fused-ring (bicyclic) bond motifs is 1. The second-order valence-electron chi connectivity index (χ2n) is 3.04. The fourth-order valence-electron chi connectivity index (χ4n) is 1.90. The van der Waals surface area contributed by atoms with Crippen LogP contribution < -0.4 is 0 Å². The van der Waals surface area contributed by atoms with E-state index in [0.717, 1.165) is 6.42 Å². The molecular formula is C8H10O. The second-order valence-corrected chi connectivity index (χ2v) is 3.04. The van der Waals surface area contributed by atoms with E-state index in [1.807, 2.05) is 6.92 Å². The van der Waals surface area contributed by atoms with E-state index in [1.54, 1.807) is 0 Å². The van der Waals surface area contributed by atoms with Crippen molar-refractivity contribution in [2.75, 3.05) is 0 Å². The highest BCUT2D eigenvalue weighted by atomic mass is 16.1. The first kappa shape index (κ1) is 5.21. The van der Waals surface area contributed by atoms with Gasteiger partial charge in [0.15, 0.2) is 0 Å². The Labute approximate surface area is 54.8 Å². The molecule has 0 saturated heterocycles. The molecule has 1 saturated carbocycles. The van der Waals surface area contributed by atoms with E-state index in [0.29, 0.717) is 23.5 Å². The van der Waals surface area contributed by atoms with Gasteiger partial charge >= 0.3 is 0 Å². The maximum absolute atomic E-state index is 11.0. The molecule has 9 heavy (non-hydrogen) atoms. The van der Waals surface area contributed by atoms with E-state index < -0.39 is 0 Å². The van der Waals surface area contributed by atoms with E-state index in [2.05, 4.69) is 12.2 Å². The average molecular weight is 122 g/mol. The predicted molar refractivity (Wildman–Crippen MR) is 34.9 cm³/mol. The maximum Gasteiger partial charge on any atom is 0.140 e. The van der Waals surface area contributed by atoms with Crippen LogP contribution >= 0.6 is 0 Å². The number of hydrogen-bond donors (Lipinski definition) is 0. The molecule has 1 fully saturated rings. The topological polar surface area (TPSA) is 17.1 Å². The van der Waals surface area contributed by atoms with Crippen LogP contribution in [0.15, 0.2) is 12.2 Å². The molecule has 2 aliphatic rings. The van der Waals surface area contributed by atoms with Crippen LogP contribution in [0.4, 0.5) is 0 Å². The van der Waals surface area contributed by atoms with E-state index in [9.17, 15) is 4.79 Å². The van der Waals surface area contributed by atoms with Gasteiger partial charge in [0.2, 0.25) is 0 Å². The third-order valence-corrected chi connectivity index (χ3v) is 2.60. The molecule has 0 spiro atoms. The first-order chi connectivity index (χ1) is 4.30. The summed E-state index contributed by atoms with van der Waals surface area (Å²) in [6.07, 6.45) is 5.33. The van der Waals surface area contributed by atoms with Crippen LogP contribution in [0.2, 0.25) is 0 Å². The van der Waals surface area contributed by atoms with E-state index >= 15 is 0 Å². The molecule has 0 N–H and O–H groups in total. The summed E-state index contributed by atoms with van der Waals surface area (Å²) in [6, 6.07) is 0. The van der Waals surface area contributed by atoms with Crippen molar-refractivity contribution in [2.24, 2.45) is 17.8 Å². The van der Waals surface area contributed by atoms with Crippen LogP contribution in [0, 0.1) is 17.8 Å². The lowest BCUT2D eigenvalue weighted by Crippen LogP contribution is -2.42. The Morgan fingerprint density at radius 2 is 2.44 bits per heavy atom. The van der Waals surface area contributed by atoms with Gasteiger partial charge in [-0.15, -0.1) is 0 Å². The van der Waals surface area contributed by atoms with E-state index in [1.165, 1.54) is 0 Å². The monoisotopic (exact) mass is 122 g/mol.